The molecule has 2 N–H and O–H groups in total. The maximum Gasteiger partial charge on any atom is 0.319 e. The first-order valence-corrected chi connectivity index (χ1v) is 10.2. The minimum Gasteiger partial charge on any atom is -0.338 e. The number of carbonyl (C=O) groups is 1. The lowest BCUT2D eigenvalue weighted by molar-refractivity contribution is 0.182. The van der Waals surface area contributed by atoms with E-state index in [0.717, 1.165) is 43.4 Å². The molecule has 4 nitrogen and oxygen atoms in total. The van der Waals surface area contributed by atoms with Gasteiger partial charge in [-0.25, -0.2) is 9.18 Å². The molecular weight excluding hydrogens is 377 g/mol. The third kappa shape index (κ3) is 6.80. The maximum absolute atomic E-state index is 12.9. The molecular formula is C22H27ClFN3O. The van der Waals surface area contributed by atoms with Crippen LogP contribution in [0.4, 0.5) is 14.9 Å². The molecule has 2 amide bonds. The molecule has 1 aliphatic heterocycles. The molecule has 1 aliphatic rings. The SMILES string of the molecule is O=C(NCCCN1CCC(Cc2ccc(Cl)cc2)CC1)Nc1ccc(F)cc1. The molecule has 0 unspecified atom stereocenters. The maximum atomic E-state index is 12.9. The molecule has 0 radical (unpaired) electrons. The summed E-state index contributed by atoms with van der Waals surface area (Å²) in [5, 5.41) is 6.34. The zero-order valence-corrected chi connectivity index (χ0v) is 16.7. The smallest absolute Gasteiger partial charge is 0.319 e. The van der Waals surface area contributed by atoms with Crippen molar-refractivity contribution in [3.8, 4) is 0 Å². The molecule has 2 aromatic rings. The number of carbonyl (C=O) groups excluding carboxylic acids is 1. The van der Waals surface area contributed by atoms with Crippen LogP contribution in [0.3, 0.4) is 0 Å². The highest BCUT2D eigenvalue weighted by Gasteiger charge is 2.19. The van der Waals surface area contributed by atoms with Crippen molar-refractivity contribution in [3.63, 3.8) is 0 Å². The molecule has 0 atom stereocenters. The summed E-state index contributed by atoms with van der Waals surface area (Å²) in [6, 6.07) is 13.7. The molecule has 0 aromatic heterocycles. The highest BCUT2D eigenvalue weighted by atomic mass is 35.5. The van der Waals surface area contributed by atoms with Gasteiger partial charge in [0.05, 0.1) is 0 Å². The third-order valence-corrected chi connectivity index (χ3v) is 5.44. The number of amides is 2. The fourth-order valence-electron chi connectivity index (χ4n) is 3.58. The molecule has 0 aliphatic carbocycles. The van der Waals surface area contributed by atoms with E-state index in [1.165, 1.54) is 30.5 Å². The van der Waals surface area contributed by atoms with Crippen molar-refractivity contribution in [1.29, 1.82) is 0 Å². The van der Waals surface area contributed by atoms with E-state index in [1.54, 1.807) is 12.1 Å². The number of benzene rings is 2. The van der Waals surface area contributed by atoms with Gasteiger partial charge >= 0.3 is 6.03 Å². The summed E-state index contributed by atoms with van der Waals surface area (Å²) in [5.74, 6) is 0.417. The number of nitrogens with one attached hydrogen (secondary N) is 2. The number of hydrogen-bond donors (Lipinski definition) is 2. The zero-order valence-electron chi connectivity index (χ0n) is 16.0. The second-order valence-electron chi connectivity index (χ2n) is 7.36. The number of rotatable bonds is 7. The predicted molar refractivity (Wildman–Crippen MR) is 112 cm³/mol. The molecule has 1 saturated heterocycles. The van der Waals surface area contributed by atoms with Gasteiger partial charge < -0.3 is 15.5 Å². The first-order valence-electron chi connectivity index (χ1n) is 9.86. The normalized spacial score (nSPS) is 15.4. The first kappa shape index (κ1) is 20.6. The van der Waals surface area contributed by atoms with Gasteiger partial charge in [0, 0.05) is 17.3 Å². The average molecular weight is 404 g/mol. The van der Waals surface area contributed by atoms with Crippen LogP contribution in [0.2, 0.25) is 5.02 Å². The number of anilines is 1. The number of likely N-dealkylation sites (tertiary alicyclic amines) is 1. The van der Waals surface area contributed by atoms with Crippen LogP contribution in [0, 0.1) is 11.7 Å². The average Bonchev–Trinajstić information content (AvgIpc) is 2.70. The lowest BCUT2D eigenvalue weighted by Gasteiger charge is -2.32. The van der Waals surface area contributed by atoms with Crippen molar-refractivity contribution in [2.45, 2.75) is 25.7 Å². The van der Waals surface area contributed by atoms with Crippen molar-refractivity contribution in [2.75, 3.05) is 31.5 Å². The van der Waals surface area contributed by atoms with Crippen LogP contribution in [0.1, 0.15) is 24.8 Å². The number of halogens is 2. The second kappa shape index (κ2) is 10.4. The Bertz CT molecular complexity index is 743. The van der Waals surface area contributed by atoms with E-state index in [4.69, 9.17) is 11.6 Å². The van der Waals surface area contributed by atoms with Crippen LogP contribution in [-0.2, 0) is 6.42 Å². The zero-order chi connectivity index (χ0) is 19.8. The largest absolute Gasteiger partial charge is 0.338 e. The number of urea groups is 1. The number of hydrogen-bond acceptors (Lipinski definition) is 2. The Kier molecular flexibility index (Phi) is 7.69. The Morgan fingerprint density at radius 1 is 1.07 bits per heavy atom. The quantitative estimate of drug-likeness (QED) is 0.643. The van der Waals surface area contributed by atoms with Crippen LogP contribution in [0.25, 0.3) is 0 Å². The third-order valence-electron chi connectivity index (χ3n) is 5.18. The van der Waals surface area contributed by atoms with Gasteiger partial charge in [-0.05, 0) is 93.2 Å². The predicted octanol–water partition coefficient (Wildman–Crippen LogP) is 4.95. The van der Waals surface area contributed by atoms with E-state index in [2.05, 4.69) is 27.7 Å². The van der Waals surface area contributed by atoms with Gasteiger partial charge in [-0.1, -0.05) is 23.7 Å². The standard InChI is InChI=1S/C22H27ClFN3O/c23-19-4-2-17(3-5-19)16-18-10-14-27(15-11-18)13-1-12-25-22(28)26-21-8-6-20(24)7-9-21/h2-9,18H,1,10-16H2,(H2,25,26,28). The van der Waals surface area contributed by atoms with Crippen LogP contribution < -0.4 is 10.6 Å². The van der Waals surface area contributed by atoms with Gasteiger partial charge in [-0.3, -0.25) is 0 Å². The van der Waals surface area contributed by atoms with E-state index < -0.39 is 0 Å². The second-order valence-corrected chi connectivity index (χ2v) is 7.79. The van der Waals surface area contributed by atoms with Gasteiger partial charge in [0.2, 0.25) is 0 Å². The molecule has 0 saturated carbocycles. The van der Waals surface area contributed by atoms with Gasteiger partial charge in [0.25, 0.3) is 0 Å². The van der Waals surface area contributed by atoms with Gasteiger partial charge in [-0.2, -0.15) is 0 Å². The Morgan fingerprint density at radius 3 is 2.43 bits per heavy atom. The molecule has 28 heavy (non-hydrogen) atoms. The molecule has 3 rings (SSSR count). The van der Waals surface area contributed by atoms with Gasteiger partial charge in [0.15, 0.2) is 0 Å². The highest BCUT2D eigenvalue weighted by Crippen LogP contribution is 2.22. The molecule has 6 heteroatoms. The van der Waals surface area contributed by atoms with Crippen LogP contribution in [0.5, 0.6) is 0 Å². The van der Waals surface area contributed by atoms with Crippen molar-refractivity contribution < 1.29 is 9.18 Å². The van der Waals surface area contributed by atoms with Crippen molar-refractivity contribution in [2.24, 2.45) is 5.92 Å². The Labute approximate surface area is 171 Å². The summed E-state index contributed by atoms with van der Waals surface area (Å²) in [6.07, 6.45) is 4.46. The van der Waals surface area contributed by atoms with Crippen molar-refractivity contribution in [3.05, 3.63) is 64.9 Å². The Hall–Kier alpha value is -2.11. The molecule has 0 spiro atoms. The summed E-state index contributed by atoms with van der Waals surface area (Å²) in [6.45, 7) is 3.84. The summed E-state index contributed by atoms with van der Waals surface area (Å²) in [4.78, 5) is 14.3. The van der Waals surface area contributed by atoms with Crippen LogP contribution in [-0.4, -0.2) is 37.1 Å². The van der Waals surface area contributed by atoms with E-state index in [1.807, 2.05) is 12.1 Å². The lowest BCUT2D eigenvalue weighted by atomic mass is 9.90. The number of piperidine rings is 1. The lowest BCUT2D eigenvalue weighted by Crippen LogP contribution is -2.37. The van der Waals surface area contributed by atoms with Gasteiger partial charge in [0.1, 0.15) is 5.82 Å². The molecule has 2 aromatic carbocycles. The van der Waals surface area contributed by atoms with Gasteiger partial charge in [-0.15, -0.1) is 0 Å². The monoisotopic (exact) mass is 403 g/mol. The fraction of sp³-hybridized carbons (Fsp3) is 0.409. The van der Waals surface area contributed by atoms with E-state index in [0.29, 0.717) is 12.2 Å². The Morgan fingerprint density at radius 2 is 1.75 bits per heavy atom. The summed E-state index contributed by atoms with van der Waals surface area (Å²) in [5.41, 5.74) is 1.95. The summed E-state index contributed by atoms with van der Waals surface area (Å²) < 4.78 is 12.9. The van der Waals surface area contributed by atoms with Crippen LogP contribution >= 0.6 is 11.6 Å². The van der Waals surface area contributed by atoms with E-state index in [9.17, 15) is 9.18 Å². The molecule has 150 valence electrons. The van der Waals surface area contributed by atoms with Crippen molar-refractivity contribution in [1.82, 2.24) is 10.2 Å². The van der Waals surface area contributed by atoms with E-state index in [-0.39, 0.29) is 11.8 Å². The topological polar surface area (TPSA) is 44.4 Å². The Balaban J connectivity index is 1.27. The number of nitrogens with zero attached hydrogens (tertiary/aromatic N) is 1. The molecule has 0 bridgehead atoms. The molecule has 1 fully saturated rings. The molecule has 1 heterocycles. The van der Waals surface area contributed by atoms with Crippen molar-refractivity contribution >= 4 is 23.3 Å². The van der Waals surface area contributed by atoms with E-state index >= 15 is 0 Å². The fourth-order valence-corrected chi connectivity index (χ4v) is 3.71. The highest BCUT2D eigenvalue weighted by molar-refractivity contribution is 6.30. The summed E-state index contributed by atoms with van der Waals surface area (Å²) >= 11 is 5.95. The minimum atomic E-state index is -0.317. The summed E-state index contributed by atoms with van der Waals surface area (Å²) in [7, 11) is 0. The first-order chi connectivity index (χ1) is 13.6. The van der Waals surface area contributed by atoms with Crippen LogP contribution in [0.15, 0.2) is 48.5 Å². The minimum absolute atomic E-state index is 0.256.